The van der Waals surface area contributed by atoms with Gasteiger partial charge < -0.3 is 10.7 Å². The third kappa shape index (κ3) is 1.32. The van der Waals surface area contributed by atoms with Crippen LogP contribution in [0, 0.1) is 5.82 Å². The summed E-state index contributed by atoms with van der Waals surface area (Å²) in [5, 5.41) is 0.723. The van der Waals surface area contributed by atoms with Gasteiger partial charge >= 0.3 is 5.69 Å². The molecule has 0 spiro atoms. The van der Waals surface area contributed by atoms with Gasteiger partial charge in [0.2, 0.25) is 0 Å². The smallest absolute Gasteiger partial charge is 0.320 e. The van der Waals surface area contributed by atoms with Crippen LogP contribution in [0.4, 0.5) is 4.39 Å². The maximum atomic E-state index is 13.0. The SMILES string of the molecule is NC1(c2[nH]c(=O)nc3cc(F)ccc23)CC1. The van der Waals surface area contributed by atoms with Crippen LogP contribution in [0.25, 0.3) is 10.9 Å². The van der Waals surface area contributed by atoms with Gasteiger partial charge in [0.05, 0.1) is 11.1 Å². The maximum Gasteiger partial charge on any atom is 0.345 e. The molecule has 3 N–H and O–H groups in total. The number of H-pyrrole nitrogens is 1. The second-order valence-corrected chi connectivity index (χ2v) is 4.23. The summed E-state index contributed by atoms with van der Waals surface area (Å²) in [4.78, 5) is 17.7. The average molecular weight is 219 g/mol. The summed E-state index contributed by atoms with van der Waals surface area (Å²) in [6, 6.07) is 4.20. The lowest BCUT2D eigenvalue weighted by Gasteiger charge is -2.11. The van der Waals surface area contributed by atoms with Crippen LogP contribution < -0.4 is 11.4 Å². The zero-order valence-corrected chi connectivity index (χ0v) is 8.46. The summed E-state index contributed by atoms with van der Waals surface area (Å²) in [7, 11) is 0. The van der Waals surface area contributed by atoms with E-state index in [1.807, 2.05) is 0 Å². The molecule has 0 radical (unpaired) electrons. The minimum atomic E-state index is -0.482. The van der Waals surface area contributed by atoms with E-state index in [1.165, 1.54) is 12.1 Å². The first-order valence-corrected chi connectivity index (χ1v) is 5.07. The molecule has 0 atom stereocenters. The fourth-order valence-electron chi connectivity index (χ4n) is 1.90. The van der Waals surface area contributed by atoms with Crippen LogP contribution >= 0.6 is 0 Å². The van der Waals surface area contributed by atoms with E-state index < -0.39 is 17.0 Å². The average Bonchev–Trinajstić information content (AvgIpc) is 2.96. The number of nitrogens with zero attached hydrogens (tertiary/aromatic N) is 1. The fourth-order valence-corrected chi connectivity index (χ4v) is 1.90. The van der Waals surface area contributed by atoms with Gasteiger partial charge in [-0.25, -0.2) is 9.18 Å². The fraction of sp³-hybridized carbons (Fsp3) is 0.273. The Morgan fingerprint density at radius 2 is 2.19 bits per heavy atom. The third-order valence-corrected chi connectivity index (χ3v) is 2.97. The lowest BCUT2D eigenvalue weighted by atomic mass is 10.1. The summed E-state index contributed by atoms with van der Waals surface area (Å²) in [6.07, 6.45) is 1.67. The molecule has 2 aromatic rings. The molecular weight excluding hydrogens is 209 g/mol. The Morgan fingerprint density at radius 3 is 2.88 bits per heavy atom. The van der Waals surface area contributed by atoms with Crippen LogP contribution in [-0.4, -0.2) is 9.97 Å². The van der Waals surface area contributed by atoms with Gasteiger partial charge in [-0.2, -0.15) is 4.98 Å². The molecule has 1 aliphatic carbocycles. The highest BCUT2D eigenvalue weighted by atomic mass is 19.1. The van der Waals surface area contributed by atoms with Crippen molar-refractivity contribution in [2.24, 2.45) is 5.73 Å². The number of benzene rings is 1. The summed E-state index contributed by atoms with van der Waals surface area (Å²) in [6.45, 7) is 0. The highest BCUT2D eigenvalue weighted by molar-refractivity contribution is 5.82. The number of aromatic nitrogens is 2. The van der Waals surface area contributed by atoms with Gasteiger partial charge in [0.1, 0.15) is 5.82 Å². The molecular formula is C11H10FN3O. The Kier molecular flexibility index (Phi) is 1.71. The van der Waals surface area contributed by atoms with Crippen molar-refractivity contribution in [3.63, 3.8) is 0 Å². The number of rotatable bonds is 1. The van der Waals surface area contributed by atoms with Crippen molar-refractivity contribution in [3.05, 3.63) is 40.2 Å². The monoisotopic (exact) mass is 219 g/mol. The van der Waals surface area contributed by atoms with Crippen molar-refractivity contribution < 1.29 is 4.39 Å². The molecule has 1 fully saturated rings. The van der Waals surface area contributed by atoms with Crippen LogP contribution in [0.1, 0.15) is 18.5 Å². The van der Waals surface area contributed by atoms with Gasteiger partial charge in [0, 0.05) is 17.1 Å². The number of hydrogen-bond acceptors (Lipinski definition) is 3. The molecule has 0 aliphatic heterocycles. The molecule has 1 saturated carbocycles. The van der Waals surface area contributed by atoms with Crippen molar-refractivity contribution >= 4 is 10.9 Å². The predicted molar refractivity (Wildman–Crippen MR) is 57.4 cm³/mol. The van der Waals surface area contributed by atoms with Crippen LogP contribution in [0.3, 0.4) is 0 Å². The third-order valence-electron chi connectivity index (χ3n) is 2.97. The van der Waals surface area contributed by atoms with Crippen molar-refractivity contribution in [3.8, 4) is 0 Å². The molecule has 0 unspecified atom stereocenters. The Balaban J connectivity index is 2.39. The van der Waals surface area contributed by atoms with Crippen LogP contribution in [0.5, 0.6) is 0 Å². The zero-order valence-electron chi connectivity index (χ0n) is 8.46. The van der Waals surface area contributed by atoms with E-state index in [9.17, 15) is 9.18 Å². The Labute approximate surface area is 90.3 Å². The second-order valence-electron chi connectivity index (χ2n) is 4.23. The van der Waals surface area contributed by atoms with E-state index in [0.717, 1.165) is 18.2 Å². The molecule has 5 heteroatoms. The molecule has 1 heterocycles. The summed E-state index contributed by atoms with van der Waals surface area (Å²) in [5.41, 5.74) is 6.13. The number of fused-ring (bicyclic) bond motifs is 1. The lowest BCUT2D eigenvalue weighted by molar-refractivity contribution is 0.628. The summed E-state index contributed by atoms with van der Waals surface area (Å²) >= 11 is 0. The molecule has 1 aliphatic rings. The lowest BCUT2D eigenvalue weighted by Crippen LogP contribution is -2.25. The van der Waals surface area contributed by atoms with E-state index in [0.29, 0.717) is 11.2 Å². The standard InChI is InChI=1S/C11H10FN3O/c12-6-1-2-7-8(5-6)14-10(16)15-9(7)11(13)3-4-11/h1-2,5H,3-4,13H2,(H,14,15,16). The van der Waals surface area contributed by atoms with E-state index >= 15 is 0 Å². The molecule has 1 aromatic carbocycles. The minimum absolute atomic E-state index is 0.357. The van der Waals surface area contributed by atoms with Crippen molar-refractivity contribution in [2.45, 2.75) is 18.4 Å². The molecule has 16 heavy (non-hydrogen) atoms. The number of hydrogen-bond donors (Lipinski definition) is 2. The quantitative estimate of drug-likeness (QED) is 0.751. The molecule has 0 amide bonds. The van der Waals surface area contributed by atoms with Crippen molar-refractivity contribution in [2.75, 3.05) is 0 Å². The number of halogens is 1. The predicted octanol–water partition coefficient (Wildman–Crippen LogP) is 1.01. The van der Waals surface area contributed by atoms with Gasteiger partial charge in [0.15, 0.2) is 0 Å². The number of nitrogens with two attached hydrogens (primary N) is 1. The summed E-state index contributed by atoms with van der Waals surface area (Å²) in [5.74, 6) is -0.404. The Morgan fingerprint density at radius 1 is 1.44 bits per heavy atom. The minimum Gasteiger partial charge on any atom is -0.320 e. The maximum absolute atomic E-state index is 13.0. The Hall–Kier alpha value is -1.75. The molecule has 1 aromatic heterocycles. The van der Waals surface area contributed by atoms with E-state index in [1.54, 1.807) is 6.07 Å². The molecule has 0 bridgehead atoms. The zero-order chi connectivity index (χ0) is 11.3. The van der Waals surface area contributed by atoms with Crippen LogP contribution in [0.2, 0.25) is 0 Å². The molecule has 82 valence electrons. The van der Waals surface area contributed by atoms with E-state index in [-0.39, 0.29) is 0 Å². The van der Waals surface area contributed by atoms with Crippen LogP contribution in [0.15, 0.2) is 23.0 Å². The largest absolute Gasteiger partial charge is 0.345 e. The van der Waals surface area contributed by atoms with Gasteiger partial charge in [-0.05, 0) is 25.0 Å². The first-order valence-electron chi connectivity index (χ1n) is 5.07. The van der Waals surface area contributed by atoms with Gasteiger partial charge in [0.25, 0.3) is 0 Å². The molecule has 0 saturated heterocycles. The number of aromatic amines is 1. The Bertz CT molecular complexity index is 631. The second kappa shape index (κ2) is 2.89. The molecule has 3 rings (SSSR count). The summed E-state index contributed by atoms with van der Waals surface area (Å²) < 4.78 is 13.0. The normalized spacial score (nSPS) is 17.6. The highest BCUT2D eigenvalue weighted by Crippen LogP contribution is 2.43. The first kappa shape index (κ1) is 9.47. The van der Waals surface area contributed by atoms with Gasteiger partial charge in [-0.3, -0.25) is 0 Å². The highest BCUT2D eigenvalue weighted by Gasteiger charge is 2.42. The van der Waals surface area contributed by atoms with E-state index in [2.05, 4.69) is 9.97 Å². The topological polar surface area (TPSA) is 71.8 Å². The van der Waals surface area contributed by atoms with Gasteiger partial charge in [-0.15, -0.1) is 0 Å². The number of nitrogens with one attached hydrogen (secondary N) is 1. The molecule has 4 nitrogen and oxygen atoms in total. The van der Waals surface area contributed by atoms with Crippen molar-refractivity contribution in [1.82, 2.24) is 9.97 Å². The van der Waals surface area contributed by atoms with Crippen molar-refractivity contribution in [1.29, 1.82) is 0 Å². The van der Waals surface area contributed by atoms with E-state index in [4.69, 9.17) is 5.73 Å². The van der Waals surface area contributed by atoms with Crippen LogP contribution in [-0.2, 0) is 5.54 Å². The van der Waals surface area contributed by atoms with Gasteiger partial charge in [-0.1, -0.05) is 0 Å². The first-order chi connectivity index (χ1) is 7.58.